The van der Waals surface area contributed by atoms with Gasteiger partial charge in [-0.05, 0) is 24.3 Å². The van der Waals surface area contributed by atoms with Crippen LogP contribution in [-0.2, 0) is 0 Å². The molecule has 0 radical (unpaired) electrons. The van der Waals surface area contributed by atoms with Crippen LogP contribution < -0.4 is 0 Å². The zero-order valence-corrected chi connectivity index (χ0v) is 17.5. The lowest BCUT2D eigenvalue weighted by Gasteiger charge is -2.13. The second-order valence-electron chi connectivity index (χ2n) is 6.98. The van der Waals surface area contributed by atoms with E-state index in [1.54, 1.807) is 0 Å². The quantitative estimate of drug-likeness (QED) is 0.181. The highest BCUT2D eigenvalue weighted by molar-refractivity contribution is 5.70. The van der Waals surface area contributed by atoms with Gasteiger partial charge < -0.3 is 0 Å². The van der Waals surface area contributed by atoms with Crippen LogP contribution in [0.3, 0.4) is 0 Å². The Morgan fingerprint density at radius 1 is 0.389 bits per heavy atom. The van der Waals surface area contributed by atoms with Crippen LogP contribution in [-0.4, -0.2) is 9.97 Å². The van der Waals surface area contributed by atoms with E-state index in [1.807, 2.05) is 11.8 Å². The summed E-state index contributed by atoms with van der Waals surface area (Å²) in [5, 5.41) is 0. The van der Waals surface area contributed by atoms with Gasteiger partial charge in [-0.25, -0.2) is 35.1 Å². The fraction of sp³-hybridized carbons (Fsp3) is 0. The van der Waals surface area contributed by atoms with Crippen molar-refractivity contribution < 1.29 is 35.1 Å². The third-order valence-electron chi connectivity index (χ3n) is 4.80. The number of rotatable bonds is 1. The average Bonchev–Trinajstić information content (AvgIpc) is 2.89. The van der Waals surface area contributed by atoms with Crippen LogP contribution in [0.15, 0.2) is 49.1 Å². The highest BCUT2D eigenvalue weighted by Gasteiger charge is 2.33. The monoisotopic (exact) mass is 500 g/mol. The van der Waals surface area contributed by atoms with E-state index in [-0.39, 0.29) is 11.1 Å². The predicted molar refractivity (Wildman–Crippen MR) is 112 cm³/mol. The molecule has 0 unspecified atom stereocenters. The summed E-state index contributed by atoms with van der Waals surface area (Å²) in [7, 11) is 0. The third-order valence-corrected chi connectivity index (χ3v) is 4.80. The smallest absolute Gasteiger partial charge is 0.178 e. The highest BCUT2D eigenvalue weighted by atomic mass is 19.2. The molecule has 0 amide bonds. The van der Waals surface area contributed by atoms with E-state index in [0.29, 0.717) is 0 Å². The van der Waals surface area contributed by atoms with E-state index in [4.69, 9.17) is 0 Å². The van der Waals surface area contributed by atoms with E-state index in [0.717, 1.165) is 0 Å². The van der Waals surface area contributed by atoms with Crippen LogP contribution >= 0.6 is 0 Å². The van der Waals surface area contributed by atoms with Crippen LogP contribution in [0.5, 0.6) is 0 Å². The Hall–Kier alpha value is -4.70. The summed E-state index contributed by atoms with van der Waals surface area (Å²) in [6, 6.07) is 5.33. The maximum absolute atomic E-state index is 14.7. The van der Waals surface area contributed by atoms with E-state index in [9.17, 15) is 35.1 Å². The normalized spacial score (nSPS) is 10.3. The molecule has 0 bridgehead atoms. The Bertz CT molecular complexity index is 1430. The molecule has 2 heterocycles. The molecule has 4 aromatic rings. The maximum atomic E-state index is 14.7. The van der Waals surface area contributed by atoms with Crippen LogP contribution in [0.1, 0.15) is 22.3 Å². The molecule has 2 aromatic carbocycles. The largest absolute Gasteiger partial charge is 0.265 e. The summed E-state index contributed by atoms with van der Waals surface area (Å²) < 4.78 is 117. The number of pyridine rings is 2. The predicted octanol–water partition coefficient (Wildman–Crippen LogP) is 6.06. The number of halogens is 8. The van der Waals surface area contributed by atoms with Crippen LogP contribution in [0.2, 0.25) is 0 Å². The molecule has 178 valence electrons. The lowest BCUT2D eigenvalue weighted by atomic mass is 9.97. The minimum absolute atomic E-state index is 0.179. The van der Waals surface area contributed by atoms with Gasteiger partial charge in [0, 0.05) is 35.9 Å². The standard InChI is InChI=1S/C26H8F8N2/c27-19-15(3-1-13-5-9-35-10-6-13)20(28)24(32)17(23(19)31)18-25(33)21(29)16(22(30)26(18)34)4-2-14-7-11-36-12-8-14/h5-12H. The SMILES string of the molecule is Fc1c(F)c(-c2c(F)c(F)c(C#Cc3ccncc3)c(F)c2F)c(F)c(F)c1C#Cc1ccncc1. The average molecular weight is 500 g/mol. The summed E-state index contributed by atoms with van der Waals surface area (Å²) >= 11 is 0. The summed E-state index contributed by atoms with van der Waals surface area (Å²) in [5.41, 5.74) is -6.40. The van der Waals surface area contributed by atoms with Crippen molar-refractivity contribution in [3.05, 3.63) is 118 Å². The molecule has 0 aliphatic heterocycles. The van der Waals surface area contributed by atoms with Crippen molar-refractivity contribution in [2.45, 2.75) is 0 Å². The molecule has 2 nitrogen and oxygen atoms in total. The fourth-order valence-corrected chi connectivity index (χ4v) is 3.06. The Morgan fingerprint density at radius 3 is 0.944 bits per heavy atom. The zero-order chi connectivity index (χ0) is 26.0. The van der Waals surface area contributed by atoms with Crippen molar-refractivity contribution in [2.24, 2.45) is 0 Å². The minimum Gasteiger partial charge on any atom is -0.265 e. The van der Waals surface area contributed by atoms with E-state index < -0.39 is 68.8 Å². The zero-order valence-electron chi connectivity index (χ0n) is 17.5. The van der Waals surface area contributed by atoms with Gasteiger partial charge in [0.05, 0.1) is 11.1 Å². The molecule has 0 spiro atoms. The van der Waals surface area contributed by atoms with Gasteiger partial charge in [-0.15, -0.1) is 0 Å². The van der Waals surface area contributed by atoms with Crippen LogP contribution in [0.25, 0.3) is 11.1 Å². The van der Waals surface area contributed by atoms with E-state index in [2.05, 4.69) is 21.8 Å². The van der Waals surface area contributed by atoms with Gasteiger partial charge in [0.15, 0.2) is 46.5 Å². The maximum Gasteiger partial charge on any atom is 0.178 e. The lowest BCUT2D eigenvalue weighted by Crippen LogP contribution is -2.10. The Kier molecular flexibility index (Phi) is 6.71. The van der Waals surface area contributed by atoms with Gasteiger partial charge in [0.1, 0.15) is 11.1 Å². The minimum atomic E-state index is -2.31. The first-order valence-electron chi connectivity index (χ1n) is 9.78. The summed E-state index contributed by atoms with van der Waals surface area (Å²) in [5.74, 6) is -9.44. The molecular formula is C26H8F8N2. The van der Waals surface area contributed by atoms with Crippen molar-refractivity contribution >= 4 is 0 Å². The van der Waals surface area contributed by atoms with Crippen LogP contribution in [0.4, 0.5) is 35.1 Å². The van der Waals surface area contributed by atoms with Crippen LogP contribution in [0, 0.1) is 70.2 Å². The molecular weight excluding hydrogens is 492 g/mol. The number of hydrogen-bond acceptors (Lipinski definition) is 2. The molecule has 36 heavy (non-hydrogen) atoms. The molecule has 0 fully saturated rings. The molecule has 0 saturated heterocycles. The topological polar surface area (TPSA) is 25.8 Å². The molecule has 0 N–H and O–H groups in total. The molecule has 0 aliphatic carbocycles. The van der Waals surface area contributed by atoms with Gasteiger partial charge in [0.2, 0.25) is 0 Å². The van der Waals surface area contributed by atoms with Crippen molar-refractivity contribution in [3.8, 4) is 34.8 Å². The van der Waals surface area contributed by atoms with Gasteiger partial charge in [-0.2, -0.15) is 0 Å². The molecule has 0 aliphatic rings. The Balaban J connectivity index is 1.89. The molecule has 10 heteroatoms. The summed E-state index contributed by atoms with van der Waals surface area (Å²) in [6.07, 6.45) is 5.17. The summed E-state index contributed by atoms with van der Waals surface area (Å²) in [6.45, 7) is 0. The number of nitrogens with zero attached hydrogens (tertiary/aromatic N) is 2. The van der Waals surface area contributed by atoms with Crippen molar-refractivity contribution in [1.29, 1.82) is 0 Å². The summed E-state index contributed by atoms with van der Waals surface area (Å²) in [4.78, 5) is 7.39. The van der Waals surface area contributed by atoms with Gasteiger partial charge >= 0.3 is 0 Å². The van der Waals surface area contributed by atoms with Gasteiger partial charge in [0.25, 0.3) is 0 Å². The first kappa shape index (κ1) is 24.4. The lowest BCUT2D eigenvalue weighted by molar-refractivity contribution is 0.438. The Labute approximate surface area is 198 Å². The third kappa shape index (κ3) is 4.37. The van der Waals surface area contributed by atoms with Crippen molar-refractivity contribution in [2.75, 3.05) is 0 Å². The van der Waals surface area contributed by atoms with Crippen molar-refractivity contribution in [1.82, 2.24) is 9.97 Å². The second-order valence-corrected chi connectivity index (χ2v) is 6.98. The molecule has 0 atom stereocenters. The fourth-order valence-electron chi connectivity index (χ4n) is 3.06. The molecule has 2 aromatic heterocycles. The molecule has 4 rings (SSSR count). The van der Waals surface area contributed by atoms with Gasteiger partial charge in [-0.3, -0.25) is 9.97 Å². The Morgan fingerprint density at radius 2 is 0.667 bits per heavy atom. The second kappa shape index (κ2) is 9.88. The molecule has 0 saturated carbocycles. The van der Waals surface area contributed by atoms with Gasteiger partial charge in [-0.1, -0.05) is 23.7 Å². The highest BCUT2D eigenvalue weighted by Crippen LogP contribution is 2.37. The van der Waals surface area contributed by atoms with E-state index >= 15 is 0 Å². The van der Waals surface area contributed by atoms with E-state index in [1.165, 1.54) is 49.1 Å². The number of benzene rings is 2. The number of hydrogen-bond donors (Lipinski definition) is 0. The number of aromatic nitrogens is 2. The van der Waals surface area contributed by atoms with Crippen molar-refractivity contribution in [3.63, 3.8) is 0 Å². The first-order valence-corrected chi connectivity index (χ1v) is 9.78. The first-order chi connectivity index (χ1) is 17.2.